The molecule has 2 N–H and O–H groups in total. The van der Waals surface area contributed by atoms with Crippen LogP contribution in [0.4, 0.5) is 13.2 Å². The summed E-state index contributed by atoms with van der Waals surface area (Å²) in [7, 11) is -4.33. The Labute approximate surface area is 159 Å². The van der Waals surface area contributed by atoms with Gasteiger partial charge >= 0.3 is 16.3 Å². The van der Waals surface area contributed by atoms with Crippen LogP contribution in [0.1, 0.15) is 24.3 Å². The molecule has 0 fully saturated rings. The maximum atomic E-state index is 12.6. The zero-order chi connectivity index (χ0) is 21.4. The molecule has 1 aliphatic heterocycles. The molecule has 0 spiro atoms. The number of hydrogen-bond donors (Lipinski definition) is 1. The first-order chi connectivity index (χ1) is 13.4. The molecule has 0 radical (unpaired) electrons. The van der Waals surface area contributed by atoms with Crippen LogP contribution in [0.15, 0.2) is 60.3 Å². The van der Waals surface area contributed by atoms with Crippen LogP contribution in [0.2, 0.25) is 0 Å². The van der Waals surface area contributed by atoms with Crippen LogP contribution in [0, 0.1) is 0 Å². The van der Waals surface area contributed by atoms with Gasteiger partial charge in [-0.25, -0.2) is 0 Å². The average molecular weight is 415 g/mol. The second-order valence-corrected chi connectivity index (χ2v) is 7.23. The first-order valence-corrected chi connectivity index (χ1v) is 9.23. The maximum absolute atomic E-state index is 12.6. The summed E-state index contributed by atoms with van der Waals surface area (Å²) in [6.07, 6.45) is -6.72. The molecule has 11 heteroatoms. The van der Waals surface area contributed by atoms with Crippen LogP contribution in [-0.4, -0.2) is 19.2 Å². The molecule has 1 atom stereocenters. The normalized spacial score (nSPS) is 20.7. The highest BCUT2D eigenvalue weighted by Gasteiger charge is 2.40. The number of Topliss-reactive ketones (excluding diaryl/α,β-unsaturated/α-hetero) is 1. The standard InChI is InChI=1S/C17H13F3N2O5S/c18-17(19,20)12-7-6-11(8-22-12)14-13(23)15(16(21)26-14)27-28(24,25)9-10-4-2-1-3-5-10/h1-8,14H,9,21H2/t14-/m0/s1/i14D. The van der Waals surface area contributed by atoms with E-state index in [1.807, 2.05) is 0 Å². The van der Waals surface area contributed by atoms with Crippen LogP contribution in [0.5, 0.6) is 0 Å². The summed E-state index contributed by atoms with van der Waals surface area (Å²) in [5, 5.41) is 0. The van der Waals surface area contributed by atoms with E-state index >= 15 is 0 Å². The van der Waals surface area contributed by atoms with Crippen LogP contribution >= 0.6 is 0 Å². The number of nitrogens with zero attached hydrogens (tertiary/aromatic N) is 1. The second kappa shape index (κ2) is 7.15. The molecule has 0 bridgehead atoms. The minimum atomic E-state index is -4.72. The van der Waals surface area contributed by atoms with Gasteiger partial charge in [0.2, 0.25) is 17.4 Å². The number of carbonyl (C=O) groups is 1. The number of rotatable bonds is 5. The van der Waals surface area contributed by atoms with E-state index in [0.717, 1.165) is 6.07 Å². The lowest BCUT2D eigenvalue weighted by Crippen LogP contribution is -2.16. The van der Waals surface area contributed by atoms with Crippen LogP contribution < -0.4 is 5.73 Å². The lowest BCUT2D eigenvalue weighted by molar-refractivity contribution is -0.141. The number of ether oxygens (including phenoxy) is 1. The largest absolute Gasteiger partial charge is 0.460 e. The molecule has 28 heavy (non-hydrogen) atoms. The molecule has 0 unspecified atom stereocenters. The van der Waals surface area contributed by atoms with E-state index < -0.39 is 51.2 Å². The van der Waals surface area contributed by atoms with Crippen LogP contribution in [-0.2, 0) is 35.8 Å². The summed E-state index contributed by atoms with van der Waals surface area (Å²) in [6.45, 7) is 0. The SMILES string of the molecule is [2H][C@@]1(c2ccc(C(F)(F)F)nc2)OC(N)=C(OS(=O)(=O)Cc2ccccc2)C1=O. The van der Waals surface area contributed by atoms with Gasteiger partial charge in [-0.1, -0.05) is 36.4 Å². The van der Waals surface area contributed by atoms with Crippen molar-refractivity contribution in [3.8, 4) is 0 Å². The third-order valence-electron chi connectivity index (χ3n) is 3.56. The first kappa shape index (κ1) is 18.3. The number of pyridine rings is 1. The highest BCUT2D eigenvalue weighted by atomic mass is 32.2. The second-order valence-electron chi connectivity index (χ2n) is 5.65. The van der Waals surface area contributed by atoms with E-state index in [9.17, 15) is 26.4 Å². The Balaban J connectivity index is 1.83. The predicted octanol–water partition coefficient (Wildman–Crippen LogP) is 2.42. The molecule has 1 aromatic heterocycles. The van der Waals surface area contributed by atoms with Crippen molar-refractivity contribution in [2.45, 2.75) is 18.0 Å². The number of carbonyl (C=O) groups excluding carboxylic acids is 1. The minimum Gasteiger partial charge on any atom is -0.460 e. The highest BCUT2D eigenvalue weighted by molar-refractivity contribution is 7.86. The zero-order valence-electron chi connectivity index (χ0n) is 14.9. The van der Waals surface area contributed by atoms with Gasteiger partial charge < -0.3 is 14.7 Å². The highest BCUT2D eigenvalue weighted by Crippen LogP contribution is 2.34. The third kappa shape index (κ3) is 4.25. The van der Waals surface area contributed by atoms with Gasteiger partial charge in [-0.05, 0) is 11.6 Å². The Morgan fingerprint density at radius 3 is 2.46 bits per heavy atom. The van der Waals surface area contributed by atoms with E-state index in [-0.39, 0.29) is 5.56 Å². The van der Waals surface area contributed by atoms with E-state index in [4.69, 9.17) is 16.0 Å². The summed E-state index contributed by atoms with van der Waals surface area (Å²) in [5.41, 5.74) is 4.27. The quantitative estimate of drug-likeness (QED) is 0.747. The van der Waals surface area contributed by atoms with Gasteiger partial charge in [0, 0.05) is 11.8 Å². The average Bonchev–Trinajstić information content (AvgIpc) is 2.85. The Kier molecular flexibility index (Phi) is 4.67. The number of ketones is 1. The molecule has 0 aliphatic carbocycles. The van der Waals surface area contributed by atoms with Crippen molar-refractivity contribution in [1.82, 2.24) is 4.98 Å². The molecule has 0 amide bonds. The van der Waals surface area contributed by atoms with Gasteiger partial charge in [0.25, 0.3) is 0 Å². The molecule has 3 rings (SSSR count). The summed E-state index contributed by atoms with van der Waals surface area (Å²) >= 11 is 0. The smallest absolute Gasteiger partial charge is 0.433 e. The molecule has 1 aliphatic rings. The van der Waals surface area contributed by atoms with E-state index in [1.165, 1.54) is 12.1 Å². The summed E-state index contributed by atoms with van der Waals surface area (Å²) in [4.78, 5) is 15.7. The van der Waals surface area contributed by atoms with Gasteiger partial charge in [0.15, 0.2) is 6.08 Å². The van der Waals surface area contributed by atoms with Crippen LogP contribution in [0.25, 0.3) is 0 Å². The van der Waals surface area contributed by atoms with Crippen molar-refractivity contribution < 1.29 is 36.7 Å². The summed E-state index contributed by atoms with van der Waals surface area (Å²) in [6, 6.07) is 9.31. The monoisotopic (exact) mass is 415 g/mol. The molecule has 1 aromatic carbocycles. The van der Waals surface area contributed by atoms with Crippen molar-refractivity contribution in [2.24, 2.45) is 5.73 Å². The zero-order valence-corrected chi connectivity index (χ0v) is 14.8. The van der Waals surface area contributed by atoms with Crippen molar-refractivity contribution in [1.29, 1.82) is 0 Å². The molecular formula is C17H13F3N2O5S. The Morgan fingerprint density at radius 2 is 1.89 bits per heavy atom. The van der Waals surface area contributed by atoms with Gasteiger partial charge in [0.05, 0.1) is 1.37 Å². The lowest BCUT2D eigenvalue weighted by atomic mass is 10.1. The van der Waals surface area contributed by atoms with Crippen LogP contribution in [0.3, 0.4) is 0 Å². The number of aromatic nitrogens is 1. The van der Waals surface area contributed by atoms with Gasteiger partial charge in [0.1, 0.15) is 11.4 Å². The number of hydrogen-bond acceptors (Lipinski definition) is 7. The van der Waals surface area contributed by atoms with Gasteiger partial charge in [-0.3, -0.25) is 9.78 Å². The molecule has 0 saturated heterocycles. The Morgan fingerprint density at radius 1 is 1.21 bits per heavy atom. The fraction of sp³-hybridized carbons (Fsp3) is 0.176. The number of benzene rings is 1. The first-order valence-electron chi connectivity index (χ1n) is 8.16. The summed E-state index contributed by atoms with van der Waals surface area (Å²) < 4.78 is 80.2. The molecule has 2 heterocycles. The third-order valence-corrected chi connectivity index (χ3v) is 4.67. The fourth-order valence-electron chi connectivity index (χ4n) is 2.32. The van der Waals surface area contributed by atoms with Crippen molar-refractivity contribution in [2.75, 3.05) is 0 Å². The number of nitrogens with two attached hydrogens (primary N) is 1. The van der Waals surface area contributed by atoms with Crippen molar-refractivity contribution in [3.05, 3.63) is 77.1 Å². The lowest BCUT2D eigenvalue weighted by Gasteiger charge is -2.11. The predicted molar refractivity (Wildman–Crippen MR) is 89.4 cm³/mol. The minimum absolute atomic E-state index is 0.377. The maximum Gasteiger partial charge on any atom is 0.433 e. The topological polar surface area (TPSA) is 109 Å². The molecule has 0 saturated carbocycles. The van der Waals surface area contributed by atoms with Gasteiger partial charge in [-0.2, -0.15) is 21.6 Å². The van der Waals surface area contributed by atoms with Gasteiger partial charge in [-0.15, -0.1) is 0 Å². The molecule has 7 nitrogen and oxygen atoms in total. The number of halogens is 3. The van der Waals surface area contributed by atoms with E-state index in [1.54, 1.807) is 18.2 Å². The summed E-state index contributed by atoms with van der Waals surface area (Å²) in [5.74, 6) is -3.56. The van der Waals surface area contributed by atoms with E-state index in [2.05, 4.69) is 4.98 Å². The number of alkyl halides is 3. The Bertz CT molecular complexity index is 1070. The van der Waals surface area contributed by atoms with E-state index in [0.29, 0.717) is 17.8 Å². The molecular weight excluding hydrogens is 401 g/mol. The fourth-order valence-corrected chi connectivity index (χ4v) is 3.39. The molecule has 2 aromatic rings. The molecule has 148 valence electrons. The van der Waals surface area contributed by atoms with Crippen molar-refractivity contribution in [3.63, 3.8) is 0 Å². The van der Waals surface area contributed by atoms with Crippen molar-refractivity contribution >= 4 is 15.9 Å². The Hall–Kier alpha value is -3.08.